The number of nitrogens with zero attached hydrogens (tertiary/aromatic N) is 3. The average molecular weight is 325 g/mol. The van der Waals surface area contributed by atoms with Crippen LogP contribution in [-0.2, 0) is 6.42 Å². The van der Waals surface area contributed by atoms with Gasteiger partial charge >= 0.3 is 0 Å². The summed E-state index contributed by atoms with van der Waals surface area (Å²) in [7, 11) is 2.12. The maximum Gasteiger partial charge on any atom is 0.166 e. The van der Waals surface area contributed by atoms with Crippen LogP contribution in [0.15, 0.2) is 41.4 Å². The fraction of sp³-hybridized carbons (Fsp3) is 0.316. The van der Waals surface area contributed by atoms with E-state index in [2.05, 4.69) is 29.0 Å². The summed E-state index contributed by atoms with van der Waals surface area (Å²) in [5.41, 5.74) is 3.71. The number of aliphatic imine (C=N–C) groups is 1. The summed E-state index contributed by atoms with van der Waals surface area (Å²) in [5.74, 6) is -0.0341. The maximum atomic E-state index is 13.8. The lowest BCUT2D eigenvalue weighted by atomic mass is 9.99. The maximum absolute atomic E-state index is 13.8. The fourth-order valence-corrected chi connectivity index (χ4v) is 3.37. The Morgan fingerprint density at radius 1 is 1.04 bits per heavy atom. The summed E-state index contributed by atoms with van der Waals surface area (Å²) >= 11 is 0. The number of rotatable bonds is 0. The van der Waals surface area contributed by atoms with E-state index in [1.165, 1.54) is 12.1 Å². The molecule has 0 saturated carbocycles. The first kappa shape index (κ1) is 15.1. The lowest BCUT2D eigenvalue weighted by Gasteiger charge is -2.35. The SMILES string of the molecule is CN1CCN(C2=Nc3cc(F)c(O)cc3Cc3ccccc32)CC1. The van der Waals surface area contributed by atoms with Gasteiger partial charge in [-0.1, -0.05) is 24.3 Å². The Bertz CT molecular complexity index is 810. The summed E-state index contributed by atoms with van der Waals surface area (Å²) in [6.45, 7) is 3.77. The number of hydrogen-bond acceptors (Lipinski definition) is 4. The van der Waals surface area contributed by atoms with E-state index in [9.17, 15) is 9.50 Å². The summed E-state index contributed by atoms with van der Waals surface area (Å²) < 4.78 is 13.8. The van der Waals surface area contributed by atoms with Gasteiger partial charge in [0.05, 0.1) is 5.69 Å². The van der Waals surface area contributed by atoms with Gasteiger partial charge in [-0.25, -0.2) is 9.38 Å². The third-order valence-corrected chi connectivity index (χ3v) is 4.82. The van der Waals surface area contributed by atoms with Gasteiger partial charge in [-0.2, -0.15) is 0 Å². The monoisotopic (exact) mass is 325 g/mol. The molecule has 124 valence electrons. The zero-order valence-electron chi connectivity index (χ0n) is 13.7. The van der Waals surface area contributed by atoms with Crippen LogP contribution >= 0.6 is 0 Å². The minimum Gasteiger partial charge on any atom is -0.505 e. The van der Waals surface area contributed by atoms with Crippen LogP contribution in [-0.4, -0.2) is 54.0 Å². The van der Waals surface area contributed by atoms with Gasteiger partial charge in [0, 0.05) is 44.2 Å². The number of piperazine rings is 1. The van der Waals surface area contributed by atoms with Gasteiger partial charge in [-0.15, -0.1) is 0 Å². The number of benzene rings is 2. The second-order valence-electron chi connectivity index (χ2n) is 6.49. The normalized spacial score (nSPS) is 17.8. The Kier molecular flexibility index (Phi) is 3.73. The van der Waals surface area contributed by atoms with Gasteiger partial charge in [-0.3, -0.25) is 0 Å². The molecule has 0 atom stereocenters. The molecule has 0 bridgehead atoms. The van der Waals surface area contributed by atoms with Gasteiger partial charge in [0.2, 0.25) is 0 Å². The second kappa shape index (κ2) is 5.91. The van der Waals surface area contributed by atoms with Crippen LogP contribution in [0.1, 0.15) is 16.7 Å². The molecule has 2 heterocycles. The van der Waals surface area contributed by atoms with Crippen LogP contribution in [0.5, 0.6) is 5.75 Å². The van der Waals surface area contributed by atoms with Crippen LogP contribution in [0.25, 0.3) is 0 Å². The number of likely N-dealkylation sites (N-methyl/N-ethyl adjacent to an activating group) is 1. The Morgan fingerprint density at radius 2 is 1.79 bits per heavy atom. The second-order valence-corrected chi connectivity index (χ2v) is 6.49. The lowest BCUT2D eigenvalue weighted by Crippen LogP contribution is -2.47. The standard InChI is InChI=1S/C19H20FN3O/c1-22-6-8-23(9-7-22)19-15-5-3-2-4-13(15)10-14-11-18(24)16(20)12-17(14)21-19/h2-5,11-12,24H,6-10H2,1H3. The molecule has 24 heavy (non-hydrogen) atoms. The van der Waals surface area contributed by atoms with E-state index in [0.717, 1.165) is 48.7 Å². The van der Waals surface area contributed by atoms with Crippen molar-refractivity contribution >= 4 is 11.5 Å². The van der Waals surface area contributed by atoms with Gasteiger partial charge in [0.25, 0.3) is 0 Å². The van der Waals surface area contributed by atoms with E-state index in [0.29, 0.717) is 12.1 Å². The summed E-state index contributed by atoms with van der Waals surface area (Å²) in [6, 6.07) is 11.0. The molecular weight excluding hydrogens is 305 g/mol. The molecule has 1 fully saturated rings. The van der Waals surface area contributed by atoms with Gasteiger partial charge in [0.15, 0.2) is 11.6 Å². The molecule has 1 N–H and O–H groups in total. The van der Waals surface area contributed by atoms with Crippen LogP contribution in [0, 0.1) is 5.82 Å². The van der Waals surface area contributed by atoms with Crippen molar-refractivity contribution in [2.24, 2.45) is 4.99 Å². The highest BCUT2D eigenvalue weighted by atomic mass is 19.1. The number of amidine groups is 1. The van der Waals surface area contributed by atoms with Crippen molar-refractivity contribution in [1.29, 1.82) is 0 Å². The molecule has 4 nitrogen and oxygen atoms in total. The zero-order valence-corrected chi connectivity index (χ0v) is 13.7. The van der Waals surface area contributed by atoms with Crippen molar-refractivity contribution < 1.29 is 9.50 Å². The van der Waals surface area contributed by atoms with E-state index in [1.807, 2.05) is 12.1 Å². The zero-order chi connectivity index (χ0) is 16.7. The predicted molar refractivity (Wildman–Crippen MR) is 92.6 cm³/mol. The van der Waals surface area contributed by atoms with Crippen LogP contribution < -0.4 is 0 Å². The van der Waals surface area contributed by atoms with Crippen molar-refractivity contribution in [3.8, 4) is 5.75 Å². The molecule has 0 unspecified atom stereocenters. The van der Waals surface area contributed by atoms with Crippen molar-refractivity contribution in [2.45, 2.75) is 6.42 Å². The Labute approximate surface area is 140 Å². The molecule has 0 spiro atoms. The highest BCUT2D eigenvalue weighted by Gasteiger charge is 2.24. The molecule has 0 radical (unpaired) electrons. The molecule has 4 rings (SSSR count). The third-order valence-electron chi connectivity index (χ3n) is 4.82. The van der Waals surface area contributed by atoms with Crippen LogP contribution in [0.4, 0.5) is 10.1 Å². The van der Waals surface area contributed by atoms with E-state index in [1.54, 1.807) is 0 Å². The molecule has 0 aliphatic carbocycles. The molecular formula is C19H20FN3O. The number of halogens is 1. The molecule has 2 aromatic rings. The topological polar surface area (TPSA) is 39.1 Å². The van der Waals surface area contributed by atoms with E-state index in [4.69, 9.17) is 4.99 Å². The van der Waals surface area contributed by atoms with Gasteiger partial charge in [-0.05, 0) is 24.2 Å². The molecule has 0 amide bonds. The summed E-state index contributed by atoms with van der Waals surface area (Å²) in [4.78, 5) is 9.38. The van der Waals surface area contributed by atoms with Crippen molar-refractivity contribution in [1.82, 2.24) is 9.80 Å². The minimum atomic E-state index is -0.624. The molecule has 0 aromatic heterocycles. The first-order valence-electron chi connectivity index (χ1n) is 8.23. The van der Waals surface area contributed by atoms with Crippen molar-refractivity contribution in [3.05, 3.63) is 58.9 Å². The van der Waals surface area contributed by atoms with Crippen LogP contribution in [0.3, 0.4) is 0 Å². The molecule has 2 aliphatic heterocycles. The molecule has 2 aliphatic rings. The largest absolute Gasteiger partial charge is 0.505 e. The number of aromatic hydroxyl groups is 1. The number of phenolic OH excluding ortho intramolecular Hbond substituents is 1. The van der Waals surface area contributed by atoms with E-state index < -0.39 is 5.82 Å². The smallest absolute Gasteiger partial charge is 0.166 e. The molecule has 1 saturated heterocycles. The van der Waals surface area contributed by atoms with Gasteiger partial charge < -0.3 is 14.9 Å². The van der Waals surface area contributed by atoms with Crippen molar-refractivity contribution in [3.63, 3.8) is 0 Å². The fourth-order valence-electron chi connectivity index (χ4n) is 3.37. The molecule has 2 aromatic carbocycles. The van der Waals surface area contributed by atoms with E-state index >= 15 is 0 Å². The predicted octanol–water partition coefficient (Wildman–Crippen LogP) is 2.76. The Morgan fingerprint density at radius 3 is 2.58 bits per heavy atom. The average Bonchev–Trinajstić information content (AvgIpc) is 2.73. The quantitative estimate of drug-likeness (QED) is 0.809. The van der Waals surface area contributed by atoms with Gasteiger partial charge in [0.1, 0.15) is 5.84 Å². The first-order chi connectivity index (χ1) is 11.6. The Balaban J connectivity index is 1.85. The summed E-state index contributed by atoms with van der Waals surface area (Å²) in [5, 5.41) is 9.72. The third kappa shape index (κ3) is 2.65. The Hall–Kier alpha value is -2.40. The highest BCUT2D eigenvalue weighted by molar-refractivity contribution is 6.02. The number of hydrogen-bond donors (Lipinski definition) is 1. The summed E-state index contributed by atoms with van der Waals surface area (Å²) in [6.07, 6.45) is 0.639. The van der Waals surface area contributed by atoms with Crippen molar-refractivity contribution in [2.75, 3.05) is 33.2 Å². The van der Waals surface area contributed by atoms with E-state index in [-0.39, 0.29) is 5.75 Å². The highest BCUT2D eigenvalue weighted by Crippen LogP contribution is 2.33. The number of fused-ring (bicyclic) bond motifs is 2. The number of phenols is 1. The minimum absolute atomic E-state index is 0.315. The molecule has 5 heteroatoms. The van der Waals surface area contributed by atoms with Crippen LogP contribution in [0.2, 0.25) is 0 Å². The lowest BCUT2D eigenvalue weighted by molar-refractivity contribution is 0.216. The first-order valence-corrected chi connectivity index (χ1v) is 8.23.